The lowest BCUT2D eigenvalue weighted by Gasteiger charge is -2.12. The second-order valence-electron chi connectivity index (χ2n) is 3.88. The van der Waals surface area contributed by atoms with Gasteiger partial charge in [-0.2, -0.15) is 0 Å². The van der Waals surface area contributed by atoms with Crippen molar-refractivity contribution in [3.63, 3.8) is 0 Å². The summed E-state index contributed by atoms with van der Waals surface area (Å²) in [5, 5.41) is 0. The topological polar surface area (TPSA) is 17.1 Å². The van der Waals surface area contributed by atoms with Crippen molar-refractivity contribution in [2.75, 3.05) is 0 Å². The Balaban J connectivity index is 2.29. The fraction of sp³-hybridized carbons (Fsp3) is 0.700. The van der Waals surface area contributed by atoms with Crippen molar-refractivity contribution in [1.82, 2.24) is 0 Å². The quantitative estimate of drug-likeness (QED) is 0.483. The molecule has 4 atom stereocenters. The van der Waals surface area contributed by atoms with Gasteiger partial charge in [-0.15, -0.1) is 0 Å². The molecule has 0 aromatic heterocycles. The summed E-state index contributed by atoms with van der Waals surface area (Å²) in [7, 11) is 0. The van der Waals surface area contributed by atoms with Gasteiger partial charge >= 0.3 is 0 Å². The maximum atomic E-state index is 11.5. The molecule has 0 spiro atoms. The highest BCUT2D eigenvalue weighted by Crippen LogP contribution is 2.44. The van der Waals surface area contributed by atoms with Gasteiger partial charge in [0.2, 0.25) is 0 Å². The first-order valence-corrected chi connectivity index (χ1v) is 4.42. The summed E-state index contributed by atoms with van der Waals surface area (Å²) >= 11 is 0. The first-order valence-electron chi connectivity index (χ1n) is 4.42. The number of fused-ring (bicyclic) bond motifs is 1. The minimum atomic E-state index is 0.286. The molecule has 60 valence electrons. The zero-order chi connectivity index (χ0) is 8.01. The summed E-state index contributed by atoms with van der Waals surface area (Å²) in [6.07, 6.45) is 5.59. The molecule has 0 N–H and O–H groups in total. The average molecular weight is 150 g/mol. The van der Waals surface area contributed by atoms with Crippen LogP contribution in [0.4, 0.5) is 0 Å². The van der Waals surface area contributed by atoms with E-state index in [1.54, 1.807) is 0 Å². The summed E-state index contributed by atoms with van der Waals surface area (Å²) in [5.74, 6) is 2.28. The molecular formula is C10H14O. The molecule has 0 radical (unpaired) electrons. The second-order valence-corrected chi connectivity index (χ2v) is 3.88. The van der Waals surface area contributed by atoms with E-state index in [2.05, 4.69) is 26.0 Å². The molecule has 0 saturated heterocycles. The number of hydrogen-bond acceptors (Lipinski definition) is 1. The number of ketones is 1. The van der Waals surface area contributed by atoms with Crippen molar-refractivity contribution in [3.05, 3.63) is 12.2 Å². The van der Waals surface area contributed by atoms with E-state index in [9.17, 15) is 4.79 Å². The molecule has 2 aliphatic rings. The second kappa shape index (κ2) is 2.20. The van der Waals surface area contributed by atoms with Crippen molar-refractivity contribution in [3.8, 4) is 0 Å². The van der Waals surface area contributed by atoms with Crippen LogP contribution in [0.5, 0.6) is 0 Å². The van der Waals surface area contributed by atoms with Gasteiger partial charge in [0.1, 0.15) is 5.78 Å². The predicted octanol–water partition coefficient (Wildman–Crippen LogP) is 2.03. The molecular weight excluding hydrogens is 136 g/mol. The fourth-order valence-corrected chi connectivity index (χ4v) is 2.58. The van der Waals surface area contributed by atoms with Crippen LogP contribution in [0, 0.1) is 23.7 Å². The number of carbonyl (C=O) groups is 1. The fourth-order valence-electron chi connectivity index (χ4n) is 2.58. The number of hydrogen-bond donors (Lipinski definition) is 0. The van der Waals surface area contributed by atoms with Crippen LogP contribution in [0.15, 0.2) is 12.2 Å². The third-order valence-corrected chi connectivity index (χ3v) is 3.38. The van der Waals surface area contributed by atoms with E-state index in [-0.39, 0.29) is 5.92 Å². The van der Waals surface area contributed by atoms with Crippen LogP contribution < -0.4 is 0 Å². The van der Waals surface area contributed by atoms with Crippen LogP contribution in [0.3, 0.4) is 0 Å². The summed E-state index contributed by atoms with van der Waals surface area (Å²) < 4.78 is 0. The first-order chi connectivity index (χ1) is 5.22. The van der Waals surface area contributed by atoms with E-state index in [1.807, 2.05) is 0 Å². The minimum absolute atomic E-state index is 0.286. The van der Waals surface area contributed by atoms with Gasteiger partial charge in [0.25, 0.3) is 0 Å². The molecule has 1 nitrogen and oxygen atoms in total. The Morgan fingerprint density at radius 1 is 1.36 bits per heavy atom. The molecule has 0 amide bonds. The number of rotatable bonds is 0. The monoisotopic (exact) mass is 150 g/mol. The molecule has 2 aliphatic carbocycles. The van der Waals surface area contributed by atoms with E-state index in [1.165, 1.54) is 0 Å². The molecule has 1 fully saturated rings. The highest BCUT2D eigenvalue weighted by atomic mass is 16.1. The zero-order valence-corrected chi connectivity index (χ0v) is 7.08. The third-order valence-electron chi connectivity index (χ3n) is 3.38. The Kier molecular flexibility index (Phi) is 1.41. The van der Waals surface area contributed by atoms with Crippen LogP contribution in [-0.2, 0) is 4.79 Å². The van der Waals surface area contributed by atoms with Crippen molar-refractivity contribution in [1.29, 1.82) is 0 Å². The van der Waals surface area contributed by atoms with Crippen molar-refractivity contribution in [2.45, 2.75) is 20.3 Å². The molecule has 0 heterocycles. The predicted molar refractivity (Wildman–Crippen MR) is 44.1 cm³/mol. The van der Waals surface area contributed by atoms with Gasteiger partial charge in [0.05, 0.1) is 0 Å². The van der Waals surface area contributed by atoms with Crippen molar-refractivity contribution in [2.24, 2.45) is 23.7 Å². The number of carbonyl (C=O) groups excluding carboxylic acids is 1. The lowest BCUT2D eigenvalue weighted by Crippen LogP contribution is -2.11. The van der Waals surface area contributed by atoms with Gasteiger partial charge in [-0.05, 0) is 18.3 Å². The van der Waals surface area contributed by atoms with E-state index < -0.39 is 0 Å². The molecule has 0 aliphatic heterocycles. The molecule has 0 aromatic rings. The lowest BCUT2D eigenvalue weighted by molar-refractivity contribution is -0.123. The summed E-state index contributed by atoms with van der Waals surface area (Å²) in [6, 6.07) is 0. The summed E-state index contributed by atoms with van der Waals surface area (Å²) in [6.45, 7) is 4.15. The Morgan fingerprint density at radius 2 is 2.09 bits per heavy atom. The van der Waals surface area contributed by atoms with Gasteiger partial charge in [-0.1, -0.05) is 26.0 Å². The molecule has 11 heavy (non-hydrogen) atoms. The molecule has 2 rings (SSSR count). The van der Waals surface area contributed by atoms with E-state index in [4.69, 9.17) is 0 Å². The number of Topliss-reactive ketones (excluding diaryl/α,β-unsaturated/α-hetero) is 1. The molecule has 0 aromatic carbocycles. The maximum absolute atomic E-state index is 11.5. The normalized spacial score (nSPS) is 48.4. The van der Waals surface area contributed by atoms with Crippen LogP contribution in [0.25, 0.3) is 0 Å². The Morgan fingerprint density at radius 3 is 2.73 bits per heavy atom. The molecule has 0 bridgehead atoms. The molecule has 0 unspecified atom stereocenters. The maximum Gasteiger partial charge on any atom is 0.139 e. The zero-order valence-electron chi connectivity index (χ0n) is 7.08. The smallest absolute Gasteiger partial charge is 0.139 e. The van der Waals surface area contributed by atoms with Gasteiger partial charge in [0, 0.05) is 11.8 Å². The van der Waals surface area contributed by atoms with Crippen LogP contribution >= 0.6 is 0 Å². The minimum Gasteiger partial charge on any atom is -0.299 e. The Labute approximate surface area is 67.5 Å². The van der Waals surface area contributed by atoms with Crippen molar-refractivity contribution >= 4 is 5.78 Å². The molecule has 1 saturated carbocycles. The number of allylic oxidation sites excluding steroid dienone is 2. The Bertz CT molecular complexity index is 217. The SMILES string of the molecule is C[C@@H]1C(=O)[C@H](C)[C@H]2C=CC[C@H]21. The van der Waals surface area contributed by atoms with Crippen LogP contribution in [0.1, 0.15) is 20.3 Å². The van der Waals surface area contributed by atoms with Gasteiger partial charge in [-0.25, -0.2) is 0 Å². The van der Waals surface area contributed by atoms with Gasteiger partial charge in [0.15, 0.2) is 0 Å². The Hall–Kier alpha value is -0.590. The summed E-state index contributed by atoms with van der Waals surface area (Å²) in [5.41, 5.74) is 0. The third kappa shape index (κ3) is 0.800. The van der Waals surface area contributed by atoms with Gasteiger partial charge in [-0.3, -0.25) is 4.79 Å². The highest BCUT2D eigenvalue weighted by Gasteiger charge is 2.44. The van der Waals surface area contributed by atoms with E-state index in [0.29, 0.717) is 23.5 Å². The summed E-state index contributed by atoms with van der Waals surface area (Å²) in [4.78, 5) is 11.5. The highest BCUT2D eigenvalue weighted by molar-refractivity contribution is 5.86. The largest absolute Gasteiger partial charge is 0.299 e. The standard InChI is InChI=1S/C10H14O/c1-6-8-4-3-5-9(8)7(2)10(6)11/h3-4,6-9H,5H2,1-2H3/t6-,7+,8-,9+/m1/s1. The first kappa shape index (κ1) is 7.08. The van der Waals surface area contributed by atoms with Crippen molar-refractivity contribution < 1.29 is 4.79 Å². The molecule has 1 heteroatoms. The lowest BCUT2D eigenvalue weighted by atomic mass is 9.91. The average Bonchev–Trinajstić information content (AvgIpc) is 2.53. The van der Waals surface area contributed by atoms with E-state index >= 15 is 0 Å². The van der Waals surface area contributed by atoms with Crippen LogP contribution in [-0.4, -0.2) is 5.78 Å². The van der Waals surface area contributed by atoms with E-state index in [0.717, 1.165) is 6.42 Å². The van der Waals surface area contributed by atoms with Gasteiger partial charge < -0.3 is 0 Å². The van der Waals surface area contributed by atoms with Crippen LogP contribution in [0.2, 0.25) is 0 Å².